The number of carbonyl (C=O) groups is 2. The van der Waals surface area contributed by atoms with Crippen LogP contribution in [0.15, 0.2) is 65.7 Å². The third-order valence-electron chi connectivity index (χ3n) is 5.03. The Balaban J connectivity index is 1.45. The number of benzene rings is 2. The highest BCUT2D eigenvalue weighted by atomic mass is 35.5. The molecule has 7 nitrogen and oxygen atoms in total. The molecule has 158 valence electrons. The number of rotatable bonds is 6. The molecule has 4 rings (SSSR count). The summed E-state index contributed by atoms with van der Waals surface area (Å²) in [6, 6.07) is 14.5. The van der Waals surface area contributed by atoms with Gasteiger partial charge in [0.2, 0.25) is 0 Å². The number of aromatic nitrogens is 1. The molecule has 0 fully saturated rings. The minimum absolute atomic E-state index is 0.0977. The molecular formula is C22H18ClN3O4S. The molecule has 0 saturated carbocycles. The number of hydrogen-bond acceptors (Lipinski definition) is 5. The number of sulfonamides is 1. The fourth-order valence-corrected chi connectivity index (χ4v) is 4.59. The van der Waals surface area contributed by atoms with E-state index < -0.39 is 15.9 Å². The van der Waals surface area contributed by atoms with Crippen molar-refractivity contribution in [2.75, 3.05) is 11.3 Å². The van der Waals surface area contributed by atoms with Crippen LogP contribution in [0.1, 0.15) is 32.0 Å². The highest BCUT2D eigenvalue weighted by Crippen LogP contribution is 2.24. The Labute approximate surface area is 184 Å². The zero-order valence-electron chi connectivity index (χ0n) is 16.5. The SMILES string of the molecule is Cc1ccc(Cl)cc1NS(=O)(=O)c1ccc(CCN2C(=O)c3cccnc3C2=O)cc1. The topological polar surface area (TPSA) is 96.4 Å². The fraction of sp³-hybridized carbons (Fsp3) is 0.136. The van der Waals surface area contributed by atoms with Crippen molar-refractivity contribution in [1.82, 2.24) is 9.88 Å². The van der Waals surface area contributed by atoms with E-state index in [-0.39, 0.29) is 23.0 Å². The maximum Gasteiger partial charge on any atom is 0.280 e. The second-order valence-electron chi connectivity index (χ2n) is 7.12. The molecule has 2 amide bonds. The molecule has 2 heterocycles. The van der Waals surface area contributed by atoms with Gasteiger partial charge in [-0.25, -0.2) is 8.42 Å². The van der Waals surface area contributed by atoms with Gasteiger partial charge in [0.1, 0.15) is 5.69 Å². The minimum atomic E-state index is -3.79. The Morgan fingerprint density at radius 1 is 1.03 bits per heavy atom. The van der Waals surface area contributed by atoms with Gasteiger partial charge in [-0.3, -0.25) is 24.2 Å². The van der Waals surface area contributed by atoms with Crippen LogP contribution in [0.5, 0.6) is 0 Å². The van der Waals surface area contributed by atoms with Crippen LogP contribution in [-0.4, -0.2) is 36.7 Å². The van der Waals surface area contributed by atoms with Crippen molar-refractivity contribution in [1.29, 1.82) is 0 Å². The normalized spacial score (nSPS) is 13.4. The van der Waals surface area contributed by atoms with Gasteiger partial charge < -0.3 is 0 Å². The van der Waals surface area contributed by atoms with Gasteiger partial charge in [0.15, 0.2) is 0 Å². The number of nitrogens with zero attached hydrogens (tertiary/aromatic N) is 2. The van der Waals surface area contributed by atoms with Crippen LogP contribution >= 0.6 is 11.6 Å². The lowest BCUT2D eigenvalue weighted by molar-refractivity contribution is 0.0654. The van der Waals surface area contributed by atoms with Crippen molar-refractivity contribution in [3.63, 3.8) is 0 Å². The summed E-state index contributed by atoms with van der Waals surface area (Å²) in [5, 5.41) is 0.432. The number of amides is 2. The van der Waals surface area contributed by atoms with Crippen molar-refractivity contribution in [3.05, 3.63) is 88.2 Å². The van der Waals surface area contributed by atoms with Crippen LogP contribution in [0.2, 0.25) is 5.02 Å². The van der Waals surface area contributed by atoms with Gasteiger partial charge in [-0.15, -0.1) is 0 Å². The summed E-state index contributed by atoms with van der Waals surface area (Å²) in [4.78, 5) is 30.0. The molecule has 0 aliphatic carbocycles. The molecule has 9 heteroatoms. The molecule has 0 radical (unpaired) electrons. The van der Waals surface area contributed by atoms with Gasteiger partial charge in [0, 0.05) is 17.8 Å². The highest BCUT2D eigenvalue weighted by molar-refractivity contribution is 7.92. The van der Waals surface area contributed by atoms with E-state index in [4.69, 9.17) is 11.6 Å². The number of carbonyl (C=O) groups excluding carboxylic acids is 2. The first-order chi connectivity index (χ1) is 14.8. The summed E-state index contributed by atoms with van der Waals surface area (Å²) in [5.41, 5.74) is 2.42. The van der Waals surface area contributed by atoms with Crippen LogP contribution in [0.3, 0.4) is 0 Å². The van der Waals surface area contributed by atoms with Crippen molar-refractivity contribution in [2.24, 2.45) is 0 Å². The summed E-state index contributed by atoms with van der Waals surface area (Å²) in [5.74, 6) is -0.783. The predicted molar refractivity (Wildman–Crippen MR) is 117 cm³/mol. The van der Waals surface area contributed by atoms with Crippen LogP contribution < -0.4 is 4.72 Å². The molecule has 0 atom stereocenters. The summed E-state index contributed by atoms with van der Waals surface area (Å²) >= 11 is 5.96. The Hall–Kier alpha value is -3.23. The monoisotopic (exact) mass is 455 g/mol. The summed E-state index contributed by atoms with van der Waals surface area (Å²) in [6.07, 6.45) is 1.87. The van der Waals surface area contributed by atoms with Gasteiger partial charge in [0.25, 0.3) is 21.8 Å². The lowest BCUT2D eigenvalue weighted by Gasteiger charge is -2.14. The Morgan fingerprint density at radius 3 is 2.48 bits per heavy atom. The number of hydrogen-bond donors (Lipinski definition) is 1. The smallest absolute Gasteiger partial charge is 0.279 e. The number of nitrogens with one attached hydrogen (secondary N) is 1. The van der Waals surface area contributed by atoms with Gasteiger partial charge in [-0.1, -0.05) is 29.8 Å². The second-order valence-corrected chi connectivity index (χ2v) is 9.24. The number of aryl methyl sites for hydroxylation is 1. The number of imide groups is 1. The number of halogens is 1. The molecule has 31 heavy (non-hydrogen) atoms. The van der Waals surface area contributed by atoms with Crippen molar-refractivity contribution < 1.29 is 18.0 Å². The van der Waals surface area contributed by atoms with Crippen molar-refractivity contribution in [3.8, 4) is 0 Å². The number of pyridine rings is 1. The first kappa shape index (κ1) is 21.0. The molecule has 0 saturated heterocycles. The largest absolute Gasteiger partial charge is 0.280 e. The van der Waals surface area contributed by atoms with Gasteiger partial charge >= 0.3 is 0 Å². The zero-order chi connectivity index (χ0) is 22.2. The lowest BCUT2D eigenvalue weighted by atomic mass is 10.1. The maximum atomic E-state index is 12.7. The van der Waals surface area contributed by atoms with E-state index in [1.54, 1.807) is 49.4 Å². The predicted octanol–water partition coefficient (Wildman–Crippen LogP) is 3.68. The van der Waals surface area contributed by atoms with Crippen LogP contribution in [0, 0.1) is 6.92 Å². The summed E-state index contributed by atoms with van der Waals surface area (Å²) in [6.45, 7) is 1.96. The number of anilines is 1. The average Bonchev–Trinajstić information content (AvgIpc) is 2.99. The molecule has 0 unspecified atom stereocenters. The minimum Gasteiger partial charge on any atom is -0.279 e. The molecule has 0 bridgehead atoms. The first-order valence-electron chi connectivity index (χ1n) is 9.45. The Bertz CT molecular complexity index is 1260. The second kappa shape index (κ2) is 8.13. The lowest BCUT2D eigenvalue weighted by Crippen LogP contribution is -2.31. The Kier molecular flexibility index (Phi) is 5.51. The molecule has 2 aromatic carbocycles. The molecule has 1 aliphatic rings. The third kappa shape index (κ3) is 4.17. The van der Waals surface area contributed by atoms with Gasteiger partial charge in [0.05, 0.1) is 16.1 Å². The van der Waals surface area contributed by atoms with Gasteiger partial charge in [-0.2, -0.15) is 0 Å². The highest BCUT2D eigenvalue weighted by Gasteiger charge is 2.36. The Morgan fingerprint density at radius 2 is 1.77 bits per heavy atom. The van der Waals surface area contributed by atoms with E-state index in [1.165, 1.54) is 18.3 Å². The van der Waals surface area contributed by atoms with Crippen molar-refractivity contribution >= 4 is 39.1 Å². The first-order valence-corrected chi connectivity index (χ1v) is 11.3. The van der Waals surface area contributed by atoms with Crippen LogP contribution in [0.25, 0.3) is 0 Å². The molecule has 0 spiro atoms. The van der Waals surface area contributed by atoms with E-state index in [2.05, 4.69) is 9.71 Å². The molecular weight excluding hydrogens is 438 g/mol. The van der Waals surface area contributed by atoms with Gasteiger partial charge in [-0.05, 0) is 60.9 Å². The van der Waals surface area contributed by atoms with E-state index in [1.807, 2.05) is 0 Å². The van der Waals surface area contributed by atoms with E-state index in [0.717, 1.165) is 16.0 Å². The zero-order valence-corrected chi connectivity index (χ0v) is 18.1. The number of fused-ring (bicyclic) bond motifs is 1. The summed E-state index contributed by atoms with van der Waals surface area (Å²) in [7, 11) is -3.79. The van der Waals surface area contributed by atoms with E-state index in [9.17, 15) is 18.0 Å². The summed E-state index contributed by atoms with van der Waals surface area (Å²) < 4.78 is 27.9. The molecule has 1 aliphatic heterocycles. The maximum absolute atomic E-state index is 12.7. The van der Waals surface area contributed by atoms with E-state index in [0.29, 0.717) is 22.7 Å². The molecule has 1 N–H and O–H groups in total. The standard InChI is InChI=1S/C22H18ClN3O4S/c1-14-4-7-16(23)13-19(14)25-31(29,30)17-8-5-15(6-9-17)10-12-26-21(27)18-3-2-11-24-20(18)22(26)28/h2-9,11,13,25H,10,12H2,1H3. The third-order valence-corrected chi connectivity index (χ3v) is 6.65. The fourth-order valence-electron chi connectivity index (χ4n) is 3.30. The average molecular weight is 456 g/mol. The van der Waals surface area contributed by atoms with E-state index >= 15 is 0 Å². The quantitative estimate of drug-likeness (QED) is 0.572. The van der Waals surface area contributed by atoms with Crippen LogP contribution in [0.4, 0.5) is 5.69 Å². The van der Waals surface area contributed by atoms with Crippen molar-refractivity contribution in [2.45, 2.75) is 18.2 Å². The van der Waals surface area contributed by atoms with Crippen LogP contribution in [-0.2, 0) is 16.4 Å². The molecule has 1 aromatic heterocycles. The molecule has 3 aromatic rings.